The number of benzene rings is 2. The molecule has 0 saturated carbocycles. The molecule has 1 heteroatoms. The van der Waals surface area contributed by atoms with Gasteiger partial charge in [-0.05, 0) is 41.9 Å². The van der Waals surface area contributed by atoms with E-state index in [-0.39, 0.29) is 0 Å². The first-order valence-corrected chi connectivity index (χ1v) is 8.16. The fourth-order valence-electron chi connectivity index (χ4n) is 3.58. The van der Waals surface area contributed by atoms with Gasteiger partial charge in [0.2, 0.25) is 0 Å². The van der Waals surface area contributed by atoms with Crippen LogP contribution in [0.15, 0.2) is 78.0 Å². The van der Waals surface area contributed by atoms with E-state index in [1.807, 2.05) is 0 Å². The molecule has 0 radical (unpaired) electrons. The third kappa shape index (κ3) is 2.37. The van der Waals surface area contributed by atoms with Gasteiger partial charge in [-0.3, -0.25) is 0 Å². The third-order valence-electron chi connectivity index (χ3n) is 4.77. The fourth-order valence-corrected chi connectivity index (χ4v) is 3.58. The van der Waals surface area contributed by atoms with E-state index in [2.05, 4.69) is 79.0 Å². The number of hydrogen-bond donors (Lipinski definition) is 1. The average Bonchev–Trinajstić information content (AvgIpc) is 2.56. The minimum atomic E-state index is 0.582. The molecule has 110 valence electrons. The molecule has 22 heavy (non-hydrogen) atoms. The van der Waals surface area contributed by atoms with Gasteiger partial charge in [0.1, 0.15) is 0 Å². The molecule has 2 aromatic rings. The zero-order valence-corrected chi connectivity index (χ0v) is 12.9. The Morgan fingerprint density at radius 3 is 2.82 bits per heavy atom. The van der Waals surface area contributed by atoms with Crippen LogP contribution >= 0.6 is 0 Å². The van der Waals surface area contributed by atoms with Gasteiger partial charge in [0.05, 0.1) is 0 Å². The molecule has 0 heterocycles. The lowest BCUT2D eigenvalue weighted by Gasteiger charge is -2.29. The van der Waals surface area contributed by atoms with Gasteiger partial charge in [-0.25, -0.2) is 0 Å². The first kappa shape index (κ1) is 13.4. The van der Waals surface area contributed by atoms with Gasteiger partial charge in [-0.1, -0.05) is 61.5 Å². The van der Waals surface area contributed by atoms with Crippen LogP contribution in [0.25, 0.3) is 10.8 Å². The molecule has 0 amide bonds. The monoisotopic (exact) mass is 287 g/mol. The molecule has 0 aliphatic heterocycles. The van der Waals surface area contributed by atoms with Crippen molar-refractivity contribution < 1.29 is 0 Å². The van der Waals surface area contributed by atoms with Gasteiger partial charge in [0.15, 0.2) is 0 Å². The Labute approximate surface area is 132 Å². The molecule has 2 atom stereocenters. The van der Waals surface area contributed by atoms with Crippen LogP contribution in [-0.2, 0) is 0 Å². The maximum atomic E-state index is 3.69. The molecule has 2 aromatic carbocycles. The van der Waals surface area contributed by atoms with Crippen molar-refractivity contribution in [3.63, 3.8) is 0 Å². The first-order valence-electron chi connectivity index (χ1n) is 8.16. The molecule has 1 nitrogen and oxygen atoms in total. The van der Waals surface area contributed by atoms with E-state index in [9.17, 15) is 0 Å². The fraction of sp³-hybridized carbons (Fsp3) is 0.238. The summed E-state index contributed by atoms with van der Waals surface area (Å²) in [5, 5.41) is 6.24. The maximum Gasteiger partial charge on any atom is 0.0463 e. The Hall–Kier alpha value is -2.28. The number of fused-ring (bicyclic) bond motifs is 2. The second kappa shape index (κ2) is 5.49. The van der Waals surface area contributed by atoms with Crippen LogP contribution in [0.1, 0.15) is 19.8 Å². The standard InChI is InChI=1S/C21H21N/c1-15-12-13-17-8-5-11-21(19(17)14-15)22-20-10-4-7-16-6-2-3-9-18(16)20/h2-11,14-15,17,22H,12-13H2,1H3. The zero-order valence-electron chi connectivity index (χ0n) is 12.9. The SMILES string of the molecule is CC1C=C2C(Nc3cccc4ccccc34)=CC=CC2CC1. The summed E-state index contributed by atoms with van der Waals surface area (Å²) in [6.45, 7) is 2.32. The summed E-state index contributed by atoms with van der Waals surface area (Å²) in [6, 6.07) is 15.0. The predicted molar refractivity (Wildman–Crippen MR) is 94.8 cm³/mol. The highest BCUT2D eigenvalue weighted by Crippen LogP contribution is 2.37. The second-order valence-electron chi connectivity index (χ2n) is 6.40. The van der Waals surface area contributed by atoms with E-state index in [1.54, 1.807) is 0 Å². The van der Waals surface area contributed by atoms with Crippen LogP contribution in [0, 0.1) is 11.8 Å². The van der Waals surface area contributed by atoms with Gasteiger partial charge in [0, 0.05) is 22.7 Å². The van der Waals surface area contributed by atoms with Crippen LogP contribution in [0.2, 0.25) is 0 Å². The molecule has 2 aliphatic rings. The molecular formula is C21H21N. The smallest absolute Gasteiger partial charge is 0.0463 e. The van der Waals surface area contributed by atoms with Crippen molar-refractivity contribution >= 4 is 16.5 Å². The third-order valence-corrected chi connectivity index (χ3v) is 4.77. The minimum Gasteiger partial charge on any atom is -0.355 e. The minimum absolute atomic E-state index is 0.582. The van der Waals surface area contributed by atoms with E-state index < -0.39 is 0 Å². The molecule has 2 aliphatic carbocycles. The molecule has 1 N–H and O–H groups in total. The van der Waals surface area contributed by atoms with Gasteiger partial charge in [0.25, 0.3) is 0 Å². The van der Waals surface area contributed by atoms with Gasteiger partial charge >= 0.3 is 0 Å². The highest BCUT2D eigenvalue weighted by molar-refractivity contribution is 5.94. The van der Waals surface area contributed by atoms with E-state index >= 15 is 0 Å². The Bertz CT molecular complexity index is 789. The summed E-state index contributed by atoms with van der Waals surface area (Å²) in [6.07, 6.45) is 11.7. The predicted octanol–water partition coefficient (Wildman–Crippen LogP) is 5.68. The number of rotatable bonds is 2. The lowest BCUT2D eigenvalue weighted by molar-refractivity contribution is 0.510. The van der Waals surface area contributed by atoms with Crippen LogP contribution in [0.3, 0.4) is 0 Å². The summed E-state index contributed by atoms with van der Waals surface area (Å²) in [4.78, 5) is 0. The number of nitrogens with one attached hydrogen (secondary N) is 1. The van der Waals surface area contributed by atoms with Crippen LogP contribution < -0.4 is 5.32 Å². The zero-order chi connectivity index (χ0) is 14.9. The average molecular weight is 287 g/mol. The summed E-state index contributed by atoms with van der Waals surface area (Å²) < 4.78 is 0. The normalized spacial score (nSPS) is 23.7. The van der Waals surface area contributed by atoms with Crippen molar-refractivity contribution in [1.82, 2.24) is 0 Å². The molecule has 0 fully saturated rings. The summed E-state index contributed by atoms with van der Waals surface area (Å²) >= 11 is 0. The summed E-state index contributed by atoms with van der Waals surface area (Å²) in [5.74, 6) is 1.26. The van der Waals surface area contributed by atoms with Gasteiger partial charge in [-0.15, -0.1) is 0 Å². The first-order chi connectivity index (χ1) is 10.8. The van der Waals surface area contributed by atoms with Crippen molar-refractivity contribution in [2.24, 2.45) is 11.8 Å². The molecule has 0 spiro atoms. The topological polar surface area (TPSA) is 12.0 Å². The van der Waals surface area contributed by atoms with Crippen molar-refractivity contribution in [3.05, 3.63) is 78.0 Å². The van der Waals surface area contributed by atoms with Gasteiger partial charge < -0.3 is 5.32 Å². The lowest BCUT2D eigenvalue weighted by atomic mass is 9.79. The molecule has 0 aromatic heterocycles. The lowest BCUT2D eigenvalue weighted by Crippen LogP contribution is -2.18. The Kier molecular flexibility index (Phi) is 3.34. The van der Waals surface area contributed by atoms with Crippen LogP contribution in [-0.4, -0.2) is 0 Å². The largest absolute Gasteiger partial charge is 0.355 e. The molecule has 0 bridgehead atoms. The van der Waals surface area contributed by atoms with E-state index in [4.69, 9.17) is 0 Å². The van der Waals surface area contributed by atoms with E-state index in [0.717, 1.165) is 0 Å². The molecule has 4 rings (SSSR count). The van der Waals surface area contributed by atoms with E-state index in [0.29, 0.717) is 11.8 Å². The maximum absolute atomic E-state index is 3.69. The summed E-state index contributed by atoms with van der Waals surface area (Å²) in [5.41, 5.74) is 3.92. The molecule has 0 saturated heterocycles. The van der Waals surface area contributed by atoms with Gasteiger partial charge in [-0.2, -0.15) is 0 Å². The highest BCUT2D eigenvalue weighted by atomic mass is 14.9. The van der Waals surface area contributed by atoms with Crippen molar-refractivity contribution in [3.8, 4) is 0 Å². The van der Waals surface area contributed by atoms with Crippen LogP contribution in [0.4, 0.5) is 5.69 Å². The Morgan fingerprint density at radius 1 is 1.00 bits per heavy atom. The van der Waals surface area contributed by atoms with Crippen LogP contribution in [0.5, 0.6) is 0 Å². The second-order valence-corrected chi connectivity index (χ2v) is 6.40. The number of allylic oxidation sites excluding steroid dienone is 5. The van der Waals surface area contributed by atoms with E-state index in [1.165, 1.54) is 40.6 Å². The number of anilines is 1. The molecular weight excluding hydrogens is 266 g/mol. The van der Waals surface area contributed by atoms with Crippen molar-refractivity contribution in [2.45, 2.75) is 19.8 Å². The Balaban J connectivity index is 1.73. The quantitative estimate of drug-likeness (QED) is 0.749. The van der Waals surface area contributed by atoms with Crippen molar-refractivity contribution in [2.75, 3.05) is 5.32 Å². The van der Waals surface area contributed by atoms with Crippen molar-refractivity contribution in [1.29, 1.82) is 0 Å². The summed E-state index contributed by atoms with van der Waals surface area (Å²) in [7, 11) is 0. The Morgan fingerprint density at radius 2 is 1.86 bits per heavy atom. The number of hydrogen-bond acceptors (Lipinski definition) is 1. The highest BCUT2D eigenvalue weighted by Gasteiger charge is 2.23. The molecule has 2 unspecified atom stereocenters.